The molecule has 2 aromatic carbocycles. The van der Waals surface area contributed by atoms with Crippen LogP contribution in [0.3, 0.4) is 0 Å². The quantitative estimate of drug-likeness (QED) is 0.309. The van der Waals surface area contributed by atoms with Crippen LogP contribution in [0.15, 0.2) is 53.0 Å². The zero-order valence-corrected chi connectivity index (χ0v) is 25.0. The van der Waals surface area contributed by atoms with E-state index in [1.807, 2.05) is 18.2 Å². The fourth-order valence-electron chi connectivity index (χ4n) is 7.77. The Labute approximate surface area is 254 Å². The molecule has 1 saturated heterocycles. The van der Waals surface area contributed by atoms with Crippen LogP contribution in [-0.2, 0) is 22.6 Å². The molecule has 232 valence electrons. The van der Waals surface area contributed by atoms with Crippen LogP contribution >= 0.6 is 0 Å². The summed E-state index contributed by atoms with van der Waals surface area (Å²) in [6.45, 7) is 2.82. The van der Waals surface area contributed by atoms with E-state index in [0.717, 1.165) is 43.6 Å². The number of nitrogens with zero attached hydrogens (tertiary/aromatic N) is 2. The summed E-state index contributed by atoms with van der Waals surface area (Å²) < 4.78 is 5.72. The SMILES string of the molecule is COc1ccc(CN2CCCC2)cc1-c1ccc(O)c2c1C[C@H]1C[C@@H]3C(N(C)C)C(O)=C(C(N)=O)C(=O)[C@@]3(O)C(O)=C1C2=O. The lowest BCUT2D eigenvalue weighted by molar-refractivity contribution is -0.148. The van der Waals surface area contributed by atoms with Gasteiger partial charge in [-0.1, -0.05) is 12.1 Å². The summed E-state index contributed by atoms with van der Waals surface area (Å²) in [5.74, 6) is -6.18. The molecular weight excluding hydrogens is 566 g/mol. The first-order valence-corrected chi connectivity index (χ1v) is 14.8. The van der Waals surface area contributed by atoms with E-state index in [1.54, 1.807) is 27.3 Å². The van der Waals surface area contributed by atoms with Crippen molar-refractivity contribution in [3.05, 3.63) is 69.7 Å². The van der Waals surface area contributed by atoms with Gasteiger partial charge in [-0.25, -0.2) is 0 Å². The number of methoxy groups -OCH3 is 1. The molecule has 1 amide bonds. The smallest absolute Gasteiger partial charge is 0.255 e. The fraction of sp³-hybridized carbons (Fsp3) is 0.424. The van der Waals surface area contributed by atoms with Crippen LogP contribution < -0.4 is 10.5 Å². The highest BCUT2D eigenvalue weighted by Gasteiger charge is 2.63. The number of hydrogen-bond donors (Lipinski definition) is 5. The fourth-order valence-corrected chi connectivity index (χ4v) is 7.77. The van der Waals surface area contributed by atoms with Gasteiger partial charge < -0.3 is 30.9 Å². The standard InChI is InChI=1S/C33H37N3O8/c1-35(2)27-21-14-17-13-20-18(19-12-16(6-9-23(19)44-3)15-36-10-4-5-11-36)7-8-22(37)25(20)28(38)24(17)30(40)33(21,43)31(41)26(29(27)39)32(34)42/h6-9,12,17,21,27,37,39-40,43H,4-5,10-11,13-15H2,1-3H3,(H2,34,42)/t17-,21+,27?,33-/m0/s1. The van der Waals surface area contributed by atoms with Crippen LogP contribution in [0.25, 0.3) is 11.1 Å². The van der Waals surface area contributed by atoms with Crippen molar-refractivity contribution in [3.8, 4) is 22.6 Å². The van der Waals surface area contributed by atoms with Gasteiger partial charge in [-0.15, -0.1) is 0 Å². The molecule has 1 fully saturated rings. The van der Waals surface area contributed by atoms with Crippen LogP contribution in [0.5, 0.6) is 11.5 Å². The number of Topliss-reactive ketones (excluding diaryl/α,β-unsaturated/α-hetero) is 2. The molecule has 2 aromatic rings. The molecule has 11 heteroatoms. The van der Waals surface area contributed by atoms with Gasteiger partial charge in [0.25, 0.3) is 5.91 Å². The highest BCUT2D eigenvalue weighted by atomic mass is 16.5. The number of phenols is 1. The number of fused-ring (bicyclic) bond motifs is 3. The monoisotopic (exact) mass is 603 g/mol. The van der Waals surface area contributed by atoms with Crippen LogP contribution in [0.1, 0.15) is 40.7 Å². The van der Waals surface area contributed by atoms with Gasteiger partial charge in [0.15, 0.2) is 11.4 Å². The maximum atomic E-state index is 14.1. The number of amides is 1. The molecule has 1 aliphatic heterocycles. The zero-order valence-electron chi connectivity index (χ0n) is 25.0. The molecule has 6 rings (SSSR count). The number of carbonyl (C=O) groups excluding carboxylic acids is 3. The van der Waals surface area contributed by atoms with Gasteiger partial charge in [0.1, 0.15) is 28.6 Å². The number of ketones is 2. The van der Waals surface area contributed by atoms with Crippen molar-refractivity contribution >= 4 is 17.5 Å². The van der Waals surface area contributed by atoms with Gasteiger partial charge in [0.05, 0.1) is 18.7 Å². The van der Waals surface area contributed by atoms with Crippen LogP contribution in [0, 0.1) is 11.8 Å². The first kappa shape index (κ1) is 29.9. The number of aliphatic hydroxyl groups excluding tert-OH is 2. The molecule has 44 heavy (non-hydrogen) atoms. The number of likely N-dealkylation sites (N-methyl/N-ethyl adjacent to an activating group) is 1. The van der Waals surface area contributed by atoms with Gasteiger partial charge in [0.2, 0.25) is 5.78 Å². The van der Waals surface area contributed by atoms with Gasteiger partial charge in [-0.2, -0.15) is 0 Å². The molecule has 0 aromatic heterocycles. The molecule has 1 heterocycles. The summed E-state index contributed by atoms with van der Waals surface area (Å²) in [5.41, 5.74) is 4.76. The summed E-state index contributed by atoms with van der Waals surface area (Å²) in [7, 11) is 4.77. The lowest BCUT2D eigenvalue weighted by atomic mass is 9.58. The van der Waals surface area contributed by atoms with Crippen molar-refractivity contribution in [3.63, 3.8) is 0 Å². The lowest BCUT2D eigenvalue weighted by Gasteiger charge is -2.50. The molecule has 3 aliphatic carbocycles. The predicted octanol–water partition coefficient (Wildman–Crippen LogP) is 2.39. The Hall–Kier alpha value is -4.19. The van der Waals surface area contributed by atoms with Crippen LogP contribution in [-0.4, -0.2) is 93.6 Å². The number of allylic oxidation sites excluding steroid dienone is 1. The normalized spacial score (nSPS) is 27.0. The Morgan fingerprint density at radius 2 is 1.80 bits per heavy atom. The lowest BCUT2D eigenvalue weighted by Crippen LogP contribution is -2.63. The summed E-state index contributed by atoms with van der Waals surface area (Å²) >= 11 is 0. The molecule has 4 aliphatic rings. The second-order valence-electron chi connectivity index (χ2n) is 12.5. The number of ether oxygens (including phenoxy) is 1. The molecule has 0 radical (unpaired) electrons. The minimum atomic E-state index is -2.68. The summed E-state index contributed by atoms with van der Waals surface area (Å²) in [4.78, 5) is 43.8. The molecule has 0 saturated carbocycles. The van der Waals surface area contributed by atoms with E-state index < -0.39 is 58.0 Å². The Bertz CT molecular complexity index is 1650. The number of primary amides is 1. The van der Waals surface area contributed by atoms with Crippen molar-refractivity contribution in [1.82, 2.24) is 9.80 Å². The number of likely N-dealkylation sites (tertiary alicyclic amines) is 1. The highest BCUT2D eigenvalue weighted by molar-refractivity contribution is 6.25. The molecule has 1 unspecified atom stereocenters. The summed E-state index contributed by atoms with van der Waals surface area (Å²) in [5, 5.41) is 45.3. The van der Waals surface area contributed by atoms with Crippen molar-refractivity contribution in [1.29, 1.82) is 0 Å². The molecule has 11 nitrogen and oxygen atoms in total. The van der Waals surface area contributed by atoms with Gasteiger partial charge >= 0.3 is 0 Å². The van der Waals surface area contributed by atoms with E-state index in [4.69, 9.17) is 10.5 Å². The van der Waals surface area contributed by atoms with E-state index in [-0.39, 0.29) is 29.7 Å². The molecular formula is C33H37N3O8. The second-order valence-corrected chi connectivity index (χ2v) is 12.5. The van der Waals surface area contributed by atoms with Crippen molar-refractivity contribution in [2.45, 2.75) is 43.9 Å². The average Bonchev–Trinajstić information content (AvgIpc) is 3.48. The van der Waals surface area contributed by atoms with E-state index >= 15 is 0 Å². The van der Waals surface area contributed by atoms with Gasteiger partial charge in [0, 0.05) is 23.6 Å². The molecule has 6 N–H and O–H groups in total. The van der Waals surface area contributed by atoms with E-state index in [2.05, 4.69) is 4.90 Å². The third kappa shape index (κ3) is 4.33. The number of nitrogens with two attached hydrogens (primary N) is 1. The van der Waals surface area contributed by atoms with Crippen molar-refractivity contribution in [2.24, 2.45) is 17.6 Å². The maximum absolute atomic E-state index is 14.1. The Balaban J connectivity index is 1.50. The van der Waals surface area contributed by atoms with Crippen LogP contribution in [0.2, 0.25) is 0 Å². The summed E-state index contributed by atoms with van der Waals surface area (Å²) in [6.07, 6.45) is 2.54. The topological polar surface area (TPSA) is 174 Å². The Morgan fingerprint density at radius 1 is 1.09 bits per heavy atom. The first-order chi connectivity index (χ1) is 20.9. The summed E-state index contributed by atoms with van der Waals surface area (Å²) in [6, 6.07) is 8.05. The number of hydrogen-bond acceptors (Lipinski definition) is 10. The predicted molar refractivity (Wildman–Crippen MR) is 160 cm³/mol. The third-order valence-electron chi connectivity index (χ3n) is 9.76. The minimum absolute atomic E-state index is 0.0208. The highest BCUT2D eigenvalue weighted by Crippen LogP contribution is 2.53. The Kier molecular flexibility index (Phi) is 7.30. The number of benzene rings is 2. The van der Waals surface area contributed by atoms with Gasteiger partial charge in [-0.05, 0) is 93.7 Å². The zero-order chi connectivity index (χ0) is 31.7. The number of aliphatic hydroxyl groups is 3. The minimum Gasteiger partial charge on any atom is -0.510 e. The number of phenolic OH excluding ortho intramolecular Hbond substituents is 1. The molecule has 0 spiro atoms. The third-order valence-corrected chi connectivity index (χ3v) is 9.76. The number of carbonyl (C=O) groups is 3. The number of aromatic hydroxyl groups is 1. The van der Waals surface area contributed by atoms with E-state index in [0.29, 0.717) is 16.9 Å². The Morgan fingerprint density at radius 3 is 2.43 bits per heavy atom. The van der Waals surface area contributed by atoms with E-state index in [9.17, 15) is 34.8 Å². The van der Waals surface area contributed by atoms with Gasteiger partial charge in [-0.3, -0.25) is 24.2 Å². The molecule has 4 atom stereocenters. The number of rotatable bonds is 6. The second kappa shape index (κ2) is 10.8. The molecule has 0 bridgehead atoms. The van der Waals surface area contributed by atoms with Crippen molar-refractivity contribution in [2.75, 3.05) is 34.3 Å². The van der Waals surface area contributed by atoms with Crippen molar-refractivity contribution < 1.29 is 39.5 Å². The average molecular weight is 604 g/mol. The van der Waals surface area contributed by atoms with Crippen LogP contribution in [0.4, 0.5) is 0 Å². The van der Waals surface area contributed by atoms with E-state index in [1.165, 1.54) is 11.0 Å². The maximum Gasteiger partial charge on any atom is 0.255 e. The first-order valence-electron chi connectivity index (χ1n) is 14.8. The largest absolute Gasteiger partial charge is 0.510 e.